The van der Waals surface area contributed by atoms with Gasteiger partial charge in [-0.3, -0.25) is 9.10 Å². The summed E-state index contributed by atoms with van der Waals surface area (Å²) in [6.45, 7) is -0.621. The minimum Gasteiger partial charge on any atom is -0.495 e. The van der Waals surface area contributed by atoms with Crippen LogP contribution in [0.2, 0.25) is 0 Å². The summed E-state index contributed by atoms with van der Waals surface area (Å²) in [7, 11) is -1.80. The van der Waals surface area contributed by atoms with Gasteiger partial charge in [0.2, 0.25) is 11.6 Å². The van der Waals surface area contributed by atoms with Crippen molar-refractivity contribution in [3.63, 3.8) is 0 Å². The van der Waals surface area contributed by atoms with Crippen LogP contribution in [0.4, 0.5) is 14.5 Å². The average molecular weight is 418 g/mol. The van der Waals surface area contributed by atoms with Crippen molar-refractivity contribution in [1.82, 2.24) is 15.0 Å². The monoisotopic (exact) mass is 418 g/mol. The van der Waals surface area contributed by atoms with E-state index in [-0.39, 0.29) is 27.5 Å². The number of ketones is 1. The van der Waals surface area contributed by atoms with Gasteiger partial charge in [0.25, 0.3) is 10.0 Å². The fourth-order valence-corrected chi connectivity index (χ4v) is 2.91. The van der Waals surface area contributed by atoms with Crippen LogP contribution in [0.3, 0.4) is 0 Å². The number of carbonyl (C=O) groups is 1. The molecule has 0 saturated carbocycles. The van der Waals surface area contributed by atoms with E-state index in [1.807, 2.05) is 0 Å². The molecule has 0 aliphatic carbocycles. The van der Waals surface area contributed by atoms with Crippen LogP contribution in [-0.4, -0.2) is 61.3 Å². The highest BCUT2D eigenvalue weighted by Crippen LogP contribution is 2.35. The summed E-state index contributed by atoms with van der Waals surface area (Å²) in [4.78, 5) is 24.2. The Balaban J connectivity index is 2.69. The molecule has 0 saturated heterocycles. The predicted molar refractivity (Wildman–Crippen MR) is 92.1 cm³/mol. The average Bonchev–Trinajstić information content (AvgIpc) is 2.71. The third kappa shape index (κ3) is 3.99. The quantitative estimate of drug-likeness (QED) is 0.612. The zero-order chi connectivity index (χ0) is 21.1. The first-order chi connectivity index (χ1) is 13.2. The lowest BCUT2D eigenvalue weighted by atomic mass is 10.1. The van der Waals surface area contributed by atoms with Crippen LogP contribution in [0, 0.1) is 0 Å². The summed E-state index contributed by atoms with van der Waals surface area (Å²) in [5.41, 5.74) is -0.733. The van der Waals surface area contributed by atoms with Gasteiger partial charge in [-0.2, -0.15) is 18.7 Å². The summed E-state index contributed by atoms with van der Waals surface area (Å²) >= 11 is 0. The van der Waals surface area contributed by atoms with E-state index in [0.717, 1.165) is 7.05 Å². The molecule has 0 radical (unpaired) electrons. The highest BCUT2D eigenvalue weighted by atomic mass is 32.2. The van der Waals surface area contributed by atoms with Crippen molar-refractivity contribution in [1.29, 1.82) is 0 Å². The van der Waals surface area contributed by atoms with Crippen molar-refractivity contribution < 1.29 is 36.6 Å². The van der Waals surface area contributed by atoms with E-state index in [0.29, 0.717) is 0 Å². The first-order valence-electron chi connectivity index (χ1n) is 7.54. The number of alkyl halides is 2. The smallest absolute Gasteiger partial charge is 0.355 e. The lowest BCUT2D eigenvalue weighted by molar-refractivity contribution is 0.102. The first-order valence-corrected chi connectivity index (χ1v) is 9.05. The van der Waals surface area contributed by atoms with E-state index in [9.17, 15) is 27.1 Å². The van der Waals surface area contributed by atoms with E-state index in [1.165, 1.54) is 32.4 Å². The molecule has 0 amide bonds. The Morgan fingerprint density at radius 2 is 1.89 bits per heavy atom. The fraction of sp³-hybridized carbons (Fsp3) is 0.333. The number of methoxy groups -OCH3 is 2. The molecule has 1 N–H and O–H groups in total. The van der Waals surface area contributed by atoms with Gasteiger partial charge in [-0.25, -0.2) is 13.4 Å². The van der Waals surface area contributed by atoms with E-state index >= 15 is 0 Å². The Labute approximate surface area is 158 Å². The Morgan fingerprint density at radius 3 is 2.43 bits per heavy atom. The number of hydrogen-bond acceptors (Lipinski definition) is 9. The molecule has 1 aromatic heterocycles. The predicted octanol–water partition coefficient (Wildman–Crippen LogP) is 0.601. The van der Waals surface area contributed by atoms with Crippen molar-refractivity contribution in [3.05, 3.63) is 35.4 Å². The minimum absolute atomic E-state index is 0.138. The van der Waals surface area contributed by atoms with E-state index in [4.69, 9.17) is 9.47 Å². The number of carbonyl (C=O) groups excluding carboxylic acids is 1. The molecule has 1 aromatic carbocycles. The number of para-hydroxylation sites is 1. The van der Waals surface area contributed by atoms with Gasteiger partial charge in [-0.15, -0.1) is 0 Å². The maximum Gasteiger partial charge on any atom is 0.355 e. The third-order valence-corrected chi connectivity index (χ3v) is 4.97. The van der Waals surface area contributed by atoms with Crippen LogP contribution in [0.25, 0.3) is 0 Å². The lowest BCUT2D eigenvalue weighted by Gasteiger charge is -2.23. The van der Waals surface area contributed by atoms with Gasteiger partial charge >= 0.3 is 11.8 Å². The van der Waals surface area contributed by atoms with E-state index < -0.39 is 39.7 Å². The molecule has 2 rings (SSSR count). The summed E-state index contributed by atoms with van der Waals surface area (Å²) < 4.78 is 60.0. The molecule has 0 spiro atoms. The molecule has 0 bridgehead atoms. The van der Waals surface area contributed by atoms with Crippen molar-refractivity contribution in [2.45, 2.75) is 12.4 Å². The first kappa shape index (κ1) is 21.4. The van der Waals surface area contributed by atoms with Gasteiger partial charge in [0.1, 0.15) is 18.0 Å². The number of ether oxygens (including phenoxy) is 2. The van der Waals surface area contributed by atoms with Gasteiger partial charge in [-0.05, 0) is 12.1 Å². The zero-order valence-electron chi connectivity index (χ0n) is 15.0. The topological polar surface area (TPSA) is 132 Å². The Bertz CT molecular complexity index is 964. The number of nitrogens with zero attached hydrogens (tertiary/aromatic N) is 4. The molecule has 0 fully saturated rings. The standard InChI is InChI=1S/C15H16F2N4O6S/c1-21(28(24,25)14(16)17)11-8(5-4-6-9(11)26-2)12(23)13-18-10(7-22)19-15(20-13)27-3/h4-6,14,22H,7H2,1-3H3. The molecule has 28 heavy (non-hydrogen) atoms. The largest absolute Gasteiger partial charge is 0.495 e. The molecule has 0 atom stereocenters. The van der Waals surface area contributed by atoms with Crippen molar-refractivity contribution in [2.24, 2.45) is 0 Å². The van der Waals surface area contributed by atoms with Crippen LogP contribution in [0.1, 0.15) is 22.0 Å². The van der Waals surface area contributed by atoms with Crippen LogP contribution >= 0.6 is 0 Å². The molecule has 0 aliphatic rings. The number of aliphatic hydroxyl groups excluding tert-OH is 1. The Kier molecular flexibility index (Phi) is 6.41. The number of halogens is 2. The second-order valence-corrected chi connectivity index (χ2v) is 7.11. The molecule has 2 aromatic rings. The summed E-state index contributed by atoms with van der Waals surface area (Å²) in [5, 5.41) is 9.22. The van der Waals surface area contributed by atoms with Crippen LogP contribution in [0.5, 0.6) is 11.8 Å². The summed E-state index contributed by atoms with van der Waals surface area (Å²) in [5.74, 6) is -5.42. The van der Waals surface area contributed by atoms with Gasteiger partial charge in [0.15, 0.2) is 5.82 Å². The minimum atomic E-state index is -5.08. The van der Waals surface area contributed by atoms with Gasteiger partial charge < -0.3 is 14.6 Å². The molecule has 0 aliphatic heterocycles. The molecule has 10 nitrogen and oxygen atoms in total. The van der Waals surface area contributed by atoms with Gasteiger partial charge in [-0.1, -0.05) is 6.07 Å². The maximum absolute atomic E-state index is 13.0. The van der Waals surface area contributed by atoms with E-state index in [1.54, 1.807) is 0 Å². The third-order valence-electron chi connectivity index (χ3n) is 3.57. The number of benzene rings is 1. The van der Waals surface area contributed by atoms with Crippen molar-refractivity contribution in [3.8, 4) is 11.8 Å². The highest BCUT2D eigenvalue weighted by molar-refractivity contribution is 7.93. The number of sulfonamides is 1. The van der Waals surface area contributed by atoms with Gasteiger partial charge in [0.05, 0.1) is 19.8 Å². The molecule has 152 valence electrons. The molecule has 1 heterocycles. The summed E-state index contributed by atoms with van der Waals surface area (Å²) in [6.07, 6.45) is 0. The Morgan fingerprint density at radius 1 is 1.21 bits per heavy atom. The SMILES string of the molecule is COc1nc(CO)nc(C(=O)c2cccc(OC)c2N(C)S(=O)(=O)C(F)F)n1. The normalized spacial score (nSPS) is 11.4. The van der Waals surface area contributed by atoms with Crippen molar-refractivity contribution >= 4 is 21.5 Å². The zero-order valence-corrected chi connectivity index (χ0v) is 15.8. The van der Waals surface area contributed by atoms with Crippen LogP contribution < -0.4 is 13.8 Å². The number of aliphatic hydroxyl groups is 1. The van der Waals surface area contributed by atoms with Crippen LogP contribution in [0.15, 0.2) is 18.2 Å². The molecular formula is C15H16F2N4O6S. The second kappa shape index (κ2) is 8.39. The molecular weight excluding hydrogens is 402 g/mol. The maximum atomic E-state index is 13.0. The number of anilines is 1. The number of hydrogen-bond donors (Lipinski definition) is 1. The molecule has 0 unspecified atom stereocenters. The summed E-state index contributed by atoms with van der Waals surface area (Å²) in [6, 6.07) is 3.60. The van der Waals surface area contributed by atoms with Crippen LogP contribution in [-0.2, 0) is 16.6 Å². The fourth-order valence-electron chi connectivity index (χ4n) is 2.22. The highest BCUT2D eigenvalue weighted by Gasteiger charge is 2.34. The Hall–Kier alpha value is -2.93. The van der Waals surface area contributed by atoms with E-state index in [2.05, 4.69) is 15.0 Å². The lowest BCUT2D eigenvalue weighted by Crippen LogP contribution is -2.33. The van der Waals surface area contributed by atoms with Gasteiger partial charge in [0, 0.05) is 7.05 Å². The number of aromatic nitrogens is 3. The second-order valence-electron chi connectivity index (χ2n) is 5.18. The number of rotatable bonds is 8. The molecule has 13 heteroatoms. The van der Waals surface area contributed by atoms with Crippen molar-refractivity contribution in [2.75, 3.05) is 25.6 Å².